The maximum absolute atomic E-state index is 12.5. The number of amides is 2. The number of pyridine rings is 1. The Morgan fingerprint density at radius 3 is 2.92 bits per heavy atom. The standard InChI is InChI=1S/C19H25N3O3/c23-17(6-3-13-7-9-25-12-13)21-16-10-18(24)22(15-4-5-15)19(16)14-2-1-8-20-11-14/h1-2,8,11,13,15-16,19H,3-7,9-10,12H2,(H,21,23)/t13?,16-,19+/m1/s1. The highest BCUT2D eigenvalue weighted by molar-refractivity contribution is 5.83. The minimum Gasteiger partial charge on any atom is -0.381 e. The van der Waals surface area contributed by atoms with Crippen LogP contribution in [0.2, 0.25) is 0 Å². The van der Waals surface area contributed by atoms with Crippen molar-refractivity contribution in [3.63, 3.8) is 0 Å². The molecule has 2 aliphatic heterocycles. The van der Waals surface area contributed by atoms with Gasteiger partial charge in [0.25, 0.3) is 0 Å². The van der Waals surface area contributed by atoms with E-state index in [0.29, 0.717) is 24.8 Å². The van der Waals surface area contributed by atoms with E-state index in [9.17, 15) is 9.59 Å². The number of hydrogen-bond donors (Lipinski definition) is 1. The number of ether oxygens (including phenoxy) is 1. The van der Waals surface area contributed by atoms with E-state index < -0.39 is 0 Å². The Bertz CT molecular complexity index is 626. The number of nitrogens with one attached hydrogen (secondary N) is 1. The fourth-order valence-electron chi connectivity index (χ4n) is 4.04. The summed E-state index contributed by atoms with van der Waals surface area (Å²) >= 11 is 0. The number of carbonyl (C=O) groups is 2. The molecule has 1 saturated carbocycles. The fraction of sp³-hybridized carbons (Fsp3) is 0.632. The first-order valence-electron chi connectivity index (χ1n) is 9.30. The average Bonchev–Trinajstić information content (AvgIpc) is 3.21. The SMILES string of the molecule is O=C(CCC1CCOC1)N[C@@H]1CC(=O)N(C2CC2)[C@H]1c1cccnc1. The normalized spacial score (nSPS) is 29.2. The minimum atomic E-state index is -0.162. The number of rotatable bonds is 6. The Morgan fingerprint density at radius 1 is 1.36 bits per heavy atom. The highest BCUT2D eigenvalue weighted by Crippen LogP contribution is 2.41. The molecule has 1 aliphatic carbocycles. The molecule has 134 valence electrons. The van der Waals surface area contributed by atoms with Gasteiger partial charge in [0, 0.05) is 44.5 Å². The largest absolute Gasteiger partial charge is 0.381 e. The van der Waals surface area contributed by atoms with E-state index in [4.69, 9.17) is 4.74 Å². The third-order valence-electron chi connectivity index (χ3n) is 5.48. The van der Waals surface area contributed by atoms with E-state index in [2.05, 4.69) is 10.3 Å². The lowest BCUT2D eigenvalue weighted by Gasteiger charge is -2.29. The van der Waals surface area contributed by atoms with Crippen LogP contribution in [0, 0.1) is 5.92 Å². The van der Waals surface area contributed by atoms with Crippen molar-refractivity contribution in [3.8, 4) is 0 Å². The first-order chi connectivity index (χ1) is 12.2. The molecule has 1 aromatic heterocycles. The van der Waals surface area contributed by atoms with Crippen molar-refractivity contribution in [2.24, 2.45) is 5.92 Å². The third kappa shape index (κ3) is 3.68. The van der Waals surface area contributed by atoms with E-state index in [1.165, 1.54) is 0 Å². The molecule has 1 N–H and O–H groups in total. The molecule has 1 unspecified atom stereocenters. The molecular formula is C19H25N3O3. The second-order valence-corrected chi connectivity index (χ2v) is 7.41. The summed E-state index contributed by atoms with van der Waals surface area (Å²) in [6, 6.07) is 3.97. The monoisotopic (exact) mass is 343 g/mol. The summed E-state index contributed by atoms with van der Waals surface area (Å²) in [6.45, 7) is 1.58. The van der Waals surface area contributed by atoms with Gasteiger partial charge in [-0.05, 0) is 43.2 Å². The van der Waals surface area contributed by atoms with Crippen LogP contribution < -0.4 is 5.32 Å². The van der Waals surface area contributed by atoms with E-state index >= 15 is 0 Å². The second kappa shape index (κ2) is 7.12. The number of aromatic nitrogens is 1. The van der Waals surface area contributed by atoms with Crippen molar-refractivity contribution in [1.82, 2.24) is 15.2 Å². The first-order valence-corrected chi connectivity index (χ1v) is 9.30. The molecule has 3 heterocycles. The summed E-state index contributed by atoms with van der Waals surface area (Å²) in [7, 11) is 0. The van der Waals surface area contributed by atoms with Crippen LogP contribution in [0.15, 0.2) is 24.5 Å². The molecule has 0 spiro atoms. The summed E-state index contributed by atoms with van der Waals surface area (Å²) in [5.41, 5.74) is 1.01. The molecule has 3 aliphatic rings. The zero-order chi connectivity index (χ0) is 17.2. The van der Waals surface area contributed by atoms with Crippen molar-refractivity contribution in [2.45, 2.75) is 56.7 Å². The predicted octanol–water partition coefficient (Wildman–Crippen LogP) is 1.82. The number of hydrogen-bond acceptors (Lipinski definition) is 4. The molecule has 3 atom stereocenters. The molecule has 2 amide bonds. The lowest BCUT2D eigenvalue weighted by atomic mass is 10.00. The van der Waals surface area contributed by atoms with Gasteiger partial charge in [0.1, 0.15) is 0 Å². The van der Waals surface area contributed by atoms with Gasteiger partial charge >= 0.3 is 0 Å². The van der Waals surface area contributed by atoms with E-state index in [0.717, 1.165) is 44.5 Å². The predicted molar refractivity (Wildman–Crippen MR) is 91.6 cm³/mol. The van der Waals surface area contributed by atoms with Crippen LogP contribution in [0.3, 0.4) is 0 Å². The lowest BCUT2D eigenvalue weighted by Crippen LogP contribution is -2.40. The Labute approximate surface area is 147 Å². The van der Waals surface area contributed by atoms with Gasteiger partial charge in [0.15, 0.2) is 0 Å². The molecule has 6 heteroatoms. The van der Waals surface area contributed by atoms with E-state index in [-0.39, 0.29) is 23.9 Å². The van der Waals surface area contributed by atoms with Gasteiger partial charge in [0.05, 0.1) is 12.1 Å². The average molecular weight is 343 g/mol. The molecule has 2 saturated heterocycles. The van der Waals surface area contributed by atoms with Gasteiger partial charge in [-0.3, -0.25) is 14.6 Å². The molecule has 3 fully saturated rings. The Balaban J connectivity index is 1.43. The lowest BCUT2D eigenvalue weighted by molar-refractivity contribution is -0.129. The van der Waals surface area contributed by atoms with Gasteiger partial charge in [0.2, 0.25) is 11.8 Å². The van der Waals surface area contributed by atoms with Crippen molar-refractivity contribution < 1.29 is 14.3 Å². The summed E-state index contributed by atoms with van der Waals surface area (Å²) in [4.78, 5) is 31.2. The van der Waals surface area contributed by atoms with Crippen molar-refractivity contribution in [3.05, 3.63) is 30.1 Å². The van der Waals surface area contributed by atoms with Crippen LogP contribution >= 0.6 is 0 Å². The highest BCUT2D eigenvalue weighted by Gasteiger charge is 2.47. The van der Waals surface area contributed by atoms with Crippen LogP contribution in [-0.4, -0.2) is 47.0 Å². The molecule has 0 radical (unpaired) electrons. The Morgan fingerprint density at radius 2 is 2.24 bits per heavy atom. The Hall–Kier alpha value is -1.95. The fourth-order valence-corrected chi connectivity index (χ4v) is 4.04. The van der Waals surface area contributed by atoms with Crippen LogP contribution in [0.1, 0.15) is 50.1 Å². The van der Waals surface area contributed by atoms with Gasteiger partial charge in [-0.2, -0.15) is 0 Å². The third-order valence-corrected chi connectivity index (χ3v) is 5.48. The molecule has 25 heavy (non-hydrogen) atoms. The first kappa shape index (κ1) is 16.5. The van der Waals surface area contributed by atoms with Gasteiger partial charge in [-0.15, -0.1) is 0 Å². The van der Waals surface area contributed by atoms with E-state index in [1.807, 2.05) is 23.2 Å². The smallest absolute Gasteiger partial charge is 0.225 e. The van der Waals surface area contributed by atoms with Crippen molar-refractivity contribution in [1.29, 1.82) is 0 Å². The van der Waals surface area contributed by atoms with Gasteiger partial charge in [-0.25, -0.2) is 0 Å². The quantitative estimate of drug-likeness (QED) is 0.855. The second-order valence-electron chi connectivity index (χ2n) is 7.41. The summed E-state index contributed by atoms with van der Waals surface area (Å²) in [5, 5.41) is 3.12. The van der Waals surface area contributed by atoms with Gasteiger partial charge in [-0.1, -0.05) is 6.07 Å². The minimum absolute atomic E-state index is 0.0382. The van der Waals surface area contributed by atoms with Crippen LogP contribution in [-0.2, 0) is 14.3 Å². The number of likely N-dealkylation sites (tertiary alicyclic amines) is 1. The summed E-state index contributed by atoms with van der Waals surface area (Å²) in [5.74, 6) is 0.676. The topological polar surface area (TPSA) is 71.5 Å². The maximum Gasteiger partial charge on any atom is 0.225 e. The van der Waals surface area contributed by atoms with E-state index in [1.54, 1.807) is 6.20 Å². The number of carbonyl (C=O) groups excluding carboxylic acids is 2. The summed E-state index contributed by atoms with van der Waals surface area (Å²) in [6.07, 6.45) is 8.46. The summed E-state index contributed by atoms with van der Waals surface area (Å²) < 4.78 is 5.37. The van der Waals surface area contributed by atoms with Gasteiger partial charge < -0.3 is 15.0 Å². The molecule has 0 bridgehead atoms. The van der Waals surface area contributed by atoms with Crippen molar-refractivity contribution >= 4 is 11.8 Å². The zero-order valence-electron chi connectivity index (χ0n) is 14.4. The zero-order valence-corrected chi connectivity index (χ0v) is 14.4. The van der Waals surface area contributed by atoms with Crippen LogP contribution in [0.5, 0.6) is 0 Å². The Kier molecular flexibility index (Phi) is 4.70. The van der Waals surface area contributed by atoms with Crippen LogP contribution in [0.4, 0.5) is 0 Å². The number of nitrogens with zero attached hydrogens (tertiary/aromatic N) is 2. The molecule has 4 rings (SSSR count). The molecule has 0 aromatic carbocycles. The highest BCUT2D eigenvalue weighted by atomic mass is 16.5. The molecular weight excluding hydrogens is 318 g/mol. The van der Waals surface area contributed by atoms with Crippen LogP contribution in [0.25, 0.3) is 0 Å². The molecule has 6 nitrogen and oxygen atoms in total. The van der Waals surface area contributed by atoms with Crippen molar-refractivity contribution in [2.75, 3.05) is 13.2 Å². The molecule has 1 aromatic rings. The maximum atomic E-state index is 12.5.